The summed E-state index contributed by atoms with van der Waals surface area (Å²) in [5.74, 6) is 0.349. The average molecular weight is 452 g/mol. The fraction of sp³-hybridized carbons (Fsp3) is 0.320. The molecule has 2 aromatic carbocycles. The number of carbonyl (C=O) groups excluding carboxylic acids is 1. The van der Waals surface area contributed by atoms with E-state index in [2.05, 4.69) is 22.4 Å². The SMILES string of the molecule is CNc1ncc2c(n1)-c1ccccc1C1(CCN(C(=O)c3ccc(C(F)(F)F)cc3)CC1)C2. The molecule has 1 aliphatic carbocycles. The first-order valence-electron chi connectivity index (χ1n) is 10.9. The number of benzene rings is 2. The molecule has 1 aliphatic heterocycles. The van der Waals surface area contributed by atoms with Gasteiger partial charge in [0, 0.05) is 42.9 Å². The lowest BCUT2D eigenvalue weighted by Gasteiger charge is -2.45. The molecule has 1 spiro atoms. The van der Waals surface area contributed by atoms with E-state index in [1.54, 1.807) is 11.9 Å². The number of amides is 1. The summed E-state index contributed by atoms with van der Waals surface area (Å²) in [6.45, 7) is 1.08. The lowest BCUT2D eigenvalue weighted by atomic mass is 9.64. The van der Waals surface area contributed by atoms with Crippen LogP contribution < -0.4 is 5.32 Å². The molecule has 0 unspecified atom stereocenters. The van der Waals surface area contributed by atoms with E-state index in [0.29, 0.717) is 19.0 Å². The van der Waals surface area contributed by atoms with Gasteiger partial charge in [0.15, 0.2) is 0 Å². The van der Waals surface area contributed by atoms with E-state index in [4.69, 9.17) is 4.98 Å². The van der Waals surface area contributed by atoms with E-state index in [-0.39, 0.29) is 16.9 Å². The normalized spacial score (nSPS) is 16.8. The zero-order valence-corrected chi connectivity index (χ0v) is 18.1. The minimum absolute atomic E-state index is 0.120. The van der Waals surface area contributed by atoms with E-state index >= 15 is 0 Å². The van der Waals surface area contributed by atoms with Gasteiger partial charge in [0.1, 0.15) is 0 Å². The molecular formula is C25H23F3N4O. The number of likely N-dealkylation sites (tertiary alicyclic amines) is 1. The van der Waals surface area contributed by atoms with E-state index in [1.807, 2.05) is 18.3 Å². The monoisotopic (exact) mass is 452 g/mol. The predicted octanol–water partition coefficient (Wildman–Crippen LogP) is 4.93. The molecule has 33 heavy (non-hydrogen) atoms. The molecule has 170 valence electrons. The highest BCUT2D eigenvalue weighted by atomic mass is 19.4. The molecule has 8 heteroatoms. The van der Waals surface area contributed by atoms with Crippen LogP contribution in [0, 0.1) is 0 Å². The Labute approximate surface area is 189 Å². The first-order valence-corrected chi connectivity index (χ1v) is 10.9. The Balaban J connectivity index is 1.38. The molecule has 0 radical (unpaired) electrons. The highest BCUT2D eigenvalue weighted by Gasteiger charge is 2.42. The van der Waals surface area contributed by atoms with Crippen molar-refractivity contribution in [2.75, 3.05) is 25.5 Å². The van der Waals surface area contributed by atoms with Crippen molar-refractivity contribution in [3.63, 3.8) is 0 Å². The average Bonchev–Trinajstić information content (AvgIpc) is 2.84. The second kappa shape index (κ2) is 7.86. The molecule has 5 nitrogen and oxygen atoms in total. The Bertz CT molecular complexity index is 1200. The van der Waals surface area contributed by atoms with Crippen molar-refractivity contribution in [2.24, 2.45) is 0 Å². The maximum Gasteiger partial charge on any atom is 0.416 e. The largest absolute Gasteiger partial charge is 0.416 e. The van der Waals surface area contributed by atoms with Crippen LogP contribution in [0.15, 0.2) is 54.7 Å². The van der Waals surface area contributed by atoms with Crippen LogP contribution in [-0.4, -0.2) is 40.9 Å². The number of halogens is 3. The van der Waals surface area contributed by atoms with Crippen LogP contribution in [0.25, 0.3) is 11.3 Å². The second-order valence-electron chi connectivity index (χ2n) is 8.69. The van der Waals surface area contributed by atoms with Gasteiger partial charge in [0.05, 0.1) is 11.3 Å². The van der Waals surface area contributed by atoms with Gasteiger partial charge >= 0.3 is 6.18 Å². The number of nitrogens with one attached hydrogen (secondary N) is 1. The molecule has 2 heterocycles. The van der Waals surface area contributed by atoms with E-state index in [1.165, 1.54) is 17.7 Å². The molecule has 5 rings (SSSR count). The first-order chi connectivity index (χ1) is 15.8. The van der Waals surface area contributed by atoms with Gasteiger partial charge < -0.3 is 10.2 Å². The zero-order chi connectivity index (χ0) is 23.2. The molecule has 1 saturated heterocycles. The van der Waals surface area contributed by atoms with E-state index < -0.39 is 11.7 Å². The minimum atomic E-state index is -4.42. The van der Waals surface area contributed by atoms with Crippen molar-refractivity contribution >= 4 is 11.9 Å². The highest BCUT2D eigenvalue weighted by Crippen LogP contribution is 2.48. The number of hydrogen-bond acceptors (Lipinski definition) is 4. The summed E-state index contributed by atoms with van der Waals surface area (Å²) in [5, 5.41) is 3.00. The van der Waals surface area contributed by atoms with Gasteiger partial charge in [-0.25, -0.2) is 9.97 Å². The summed E-state index contributed by atoms with van der Waals surface area (Å²) in [4.78, 5) is 23.8. The molecule has 0 atom stereocenters. The highest BCUT2D eigenvalue weighted by molar-refractivity contribution is 5.94. The van der Waals surface area contributed by atoms with Gasteiger partial charge in [-0.15, -0.1) is 0 Å². The van der Waals surface area contributed by atoms with Crippen LogP contribution in [-0.2, 0) is 18.0 Å². The van der Waals surface area contributed by atoms with Gasteiger partial charge in [-0.3, -0.25) is 4.79 Å². The Hall–Kier alpha value is -3.42. The smallest absolute Gasteiger partial charge is 0.357 e. The molecule has 1 aromatic heterocycles. The molecule has 0 saturated carbocycles. The fourth-order valence-corrected chi connectivity index (χ4v) is 5.07. The van der Waals surface area contributed by atoms with Crippen molar-refractivity contribution in [2.45, 2.75) is 30.9 Å². The van der Waals surface area contributed by atoms with Gasteiger partial charge in [-0.05, 0) is 54.7 Å². The summed E-state index contributed by atoms with van der Waals surface area (Å²) in [5.41, 5.74) is 3.78. The van der Waals surface area contributed by atoms with Gasteiger partial charge in [0.25, 0.3) is 5.91 Å². The van der Waals surface area contributed by atoms with Crippen LogP contribution in [0.2, 0.25) is 0 Å². The molecule has 1 amide bonds. The van der Waals surface area contributed by atoms with Crippen LogP contribution in [0.4, 0.5) is 19.1 Å². The fourth-order valence-electron chi connectivity index (χ4n) is 5.07. The Kier molecular flexibility index (Phi) is 5.11. The molecule has 1 N–H and O–H groups in total. The van der Waals surface area contributed by atoms with Crippen molar-refractivity contribution in [1.29, 1.82) is 0 Å². The summed E-state index contributed by atoms with van der Waals surface area (Å²) in [6, 6.07) is 12.7. The maximum atomic E-state index is 13.0. The summed E-state index contributed by atoms with van der Waals surface area (Å²) >= 11 is 0. The lowest BCUT2D eigenvalue weighted by Crippen LogP contribution is -2.47. The molecule has 0 bridgehead atoms. The number of piperidine rings is 1. The van der Waals surface area contributed by atoms with Gasteiger partial charge in [0.2, 0.25) is 5.95 Å². The molecule has 2 aliphatic rings. The molecule has 1 fully saturated rings. The number of alkyl halides is 3. The van der Waals surface area contributed by atoms with Crippen molar-refractivity contribution < 1.29 is 18.0 Å². The van der Waals surface area contributed by atoms with Gasteiger partial charge in [-0.2, -0.15) is 13.2 Å². The van der Waals surface area contributed by atoms with E-state index in [9.17, 15) is 18.0 Å². The van der Waals surface area contributed by atoms with Gasteiger partial charge in [-0.1, -0.05) is 24.3 Å². The van der Waals surface area contributed by atoms with Crippen LogP contribution in [0.1, 0.15) is 39.9 Å². The number of anilines is 1. The lowest BCUT2D eigenvalue weighted by molar-refractivity contribution is -0.137. The number of carbonyl (C=O) groups is 1. The zero-order valence-electron chi connectivity index (χ0n) is 18.1. The summed E-state index contributed by atoms with van der Waals surface area (Å²) in [7, 11) is 1.79. The molecular weight excluding hydrogens is 429 g/mol. The second-order valence-corrected chi connectivity index (χ2v) is 8.69. The third kappa shape index (κ3) is 3.73. The third-order valence-corrected chi connectivity index (χ3v) is 6.84. The maximum absolute atomic E-state index is 13.0. The predicted molar refractivity (Wildman–Crippen MR) is 119 cm³/mol. The minimum Gasteiger partial charge on any atom is -0.357 e. The summed E-state index contributed by atoms with van der Waals surface area (Å²) < 4.78 is 38.5. The van der Waals surface area contributed by atoms with E-state index in [0.717, 1.165) is 48.2 Å². The number of rotatable bonds is 2. The topological polar surface area (TPSA) is 58.1 Å². The Morgan fingerprint density at radius 2 is 1.76 bits per heavy atom. The van der Waals surface area contributed by atoms with Crippen molar-refractivity contribution in [3.05, 3.63) is 77.0 Å². The van der Waals surface area contributed by atoms with Crippen molar-refractivity contribution in [1.82, 2.24) is 14.9 Å². The standard InChI is InChI=1S/C25H23F3N4O/c1-29-23-30-15-17-14-24(20-5-3-2-4-19(20)21(17)31-23)10-12-32(13-11-24)22(33)16-6-8-18(9-7-16)25(26,27)28/h2-9,15H,10-14H2,1H3,(H,29,30,31). The van der Waals surface area contributed by atoms with Crippen LogP contribution >= 0.6 is 0 Å². The quantitative estimate of drug-likeness (QED) is 0.599. The third-order valence-electron chi connectivity index (χ3n) is 6.84. The van der Waals surface area contributed by atoms with Crippen LogP contribution in [0.5, 0.6) is 0 Å². The van der Waals surface area contributed by atoms with Crippen molar-refractivity contribution in [3.8, 4) is 11.3 Å². The summed E-state index contributed by atoms with van der Waals surface area (Å²) in [6.07, 6.45) is -0.203. The Morgan fingerprint density at radius 1 is 1.06 bits per heavy atom. The number of nitrogens with zero attached hydrogens (tertiary/aromatic N) is 3. The number of aromatic nitrogens is 2. The first kappa shape index (κ1) is 21.4. The number of fused-ring (bicyclic) bond motifs is 4. The Morgan fingerprint density at radius 3 is 2.42 bits per heavy atom. The number of hydrogen-bond donors (Lipinski definition) is 1. The van der Waals surface area contributed by atoms with Crippen LogP contribution in [0.3, 0.4) is 0 Å². The molecule has 3 aromatic rings.